The van der Waals surface area contributed by atoms with Gasteiger partial charge in [-0.1, -0.05) is 13.8 Å². The minimum Gasteiger partial charge on any atom is -0.491 e. The second-order valence-corrected chi connectivity index (χ2v) is 3.82. The zero-order chi connectivity index (χ0) is 13.4. The van der Waals surface area contributed by atoms with Gasteiger partial charge in [0, 0.05) is 18.8 Å². The van der Waals surface area contributed by atoms with Crippen LogP contribution >= 0.6 is 0 Å². The summed E-state index contributed by atoms with van der Waals surface area (Å²) in [6.45, 7) is 5.36. The molecule has 2 rings (SSSR count). The van der Waals surface area contributed by atoms with E-state index in [4.69, 9.17) is 15.7 Å². The third-order valence-electron chi connectivity index (χ3n) is 2.70. The van der Waals surface area contributed by atoms with Crippen LogP contribution in [-0.4, -0.2) is 29.1 Å². The van der Waals surface area contributed by atoms with Crippen LogP contribution in [0.3, 0.4) is 0 Å². The van der Waals surface area contributed by atoms with E-state index in [1.807, 2.05) is 13.8 Å². The molecule has 98 valence electrons. The van der Waals surface area contributed by atoms with Gasteiger partial charge in [-0.15, -0.1) is 0 Å². The number of likely N-dealkylation sites (tertiary alicyclic amines) is 1. The van der Waals surface area contributed by atoms with E-state index >= 15 is 0 Å². The smallest absolute Gasteiger partial charge is 0.179 e. The summed E-state index contributed by atoms with van der Waals surface area (Å²) in [6, 6.07) is 3.65. The number of nitrogen functional groups attached to an aromatic ring is 1. The number of nitriles is 1. The number of rotatable bonds is 3. The lowest BCUT2D eigenvalue weighted by atomic mass is 10.2. The lowest BCUT2D eigenvalue weighted by Gasteiger charge is -2.18. The van der Waals surface area contributed by atoms with Gasteiger partial charge in [-0.3, -0.25) is 0 Å². The molecule has 0 aromatic carbocycles. The van der Waals surface area contributed by atoms with Crippen LogP contribution in [-0.2, 0) is 0 Å². The van der Waals surface area contributed by atoms with Gasteiger partial charge in [0.15, 0.2) is 6.19 Å². The Morgan fingerprint density at radius 2 is 2.39 bits per heavy atom. The fourth-order valence-corrected chi connectivity index (χ4v) is 1.85. The van der Waals surface area contributed by atoms with Crippen LogP contribution in [0.25, 0.3) is 0 Å². The first-order valence-corrected chi connectivity index (χ1v) is 6.30. The number of hydrogen-bond acceptors (Lipinski definition) is 5. The maximum Gasteiger partial charge on any atom is 0.179 e. The van der Waals surface area contributed by atoms with Gasteiger partial charge in [-0.2, -0.15) is 5.26 Å². The lowest BCUT2D eigenvalue weighted by Crippen LogP contribution is -2.30. The Kier molecular flexibility index (Phi) is 5.78. The Bertz CT molecular complexity index is 402. The Morgan fingerprint density at radius 1 is 1.61 bits per heavy atom. The maximum atomic E-state index is 8.87. The number of hydrogen-bond donors (Lipinski definition) is 1. The van der Waals surface area contributed by atoms with Crippen molar-refractivity contribution in [2.45, 2.75) is 32.7 Å². The average Bonchev–Trinajstić information content (AvgIpc) is 2.86. The number of nitrogens with zero attached hydrogens (tertiary/aromatic N) is 3. The van der Waals surface area contributed by atoms with Crippen LogP contribution in [0.4, 0.5) is 5.82 Å². The van der Waals surface area contributed by atoms with Gasteiger partial charge in [0.2, 0.25) is 0 Å². The first-order valence-electron chi connectivity index (χ1n) is 6.30. The second-order valence-electron chi connectivity index (χ2n) is 3.82. The molecule has 0 spiro atoms. The molecule has 0 radical (unpaired) electrons. The lowest BCUT2D eigenvalue weighted by molar-refractivity contribution is 0.219. The third kappa shape index (κ3) is 3.81. The van der Waals surface area contributed by atoms with E-state index in [1.165, 1.54) is 0 Å². The van der Waals surface area contributed by atoms with Crippen molar-refractivity contribution in [3.05, 3.63) is 18.3 Å². The van der Waals surface area contributed by atoms with E-state index in [1.54, 1.807) is 23.2 Å². The molecule has 0 bridgehead atoms. The van der Waals surface area contributed by atoms with Gasteiger partial charge in [0.1, 0.15) is 18.2 Å². The molecule has 5 heteroatoms. The van der Waals surface area contributed by atoms with Gasteiger partial charge in [-0.25, -0.2) is 4.98 Å². The highest BCUT2D eigenvalue weighted by Crippen LogP contribution is 2.18. The summed E-state index contributed by atoms with van der Waals surface area (Å²) in [4.78, 5) is 5.65. The summed E-state index contributed by atoms with van der Waals surface area (Å²) in [5.41, 5.74) is 5.54. The molecule has 18 heavy (non-hydrogen) atoms. The number of anilines is 1. The van der Waals surface area contributed by atoms with Crippen LogP contribution in [0.2, 0.25) is 0 Å². The van der Waals surface area contributed by atoms with Gasteiger partial charge in [-0.05, 0) is 18.9 Å². The van der Waals surface area contributed by atoms with Crippen molar-refractivity contribution in [3.63, 3.8) is 0 Å². The first-order chi connectivity index (χ1) is 8.79. The highest BCUT2D eigenvalue weighted by molar-refractivity contribution is 5.35. The summed E-state index contributed by atoms with van der Waals surface area (Å²) >= 11 is 0. The molecule has 0 aliphatic carbocycles. The molecule has 1 aliphatic heterocycles. The molecule has 0 saturated carbocycles. The largest absolute Gasteiger partial charge is 0.491 e. The highest BCUT2D eigenvalue weighted by Gasteiger charge is 2.23. The molecule has 1 fully saturated rings. The van der Waals surface area contributed by atoms with E-state index in [0.717, 1.165) is 19.4 Å². The van der Waals surface area contributed by atoms with Crippen molar-refractivity contribution in [2.75, 3.05) is 18.9 Å². The summed E-state index contributed by atoms with van der Waals surface area (Å²) in [6.07, 6.45) is 5.85. The number of ether oxygens (including phenoxy) is 1. The molecule has 5 nitrogen and oxygen atoms in total. The van der Waals surface area contributed by atoms with Crippen LogP contribution in [0.1, 0.15) is 26.7 Å². The maximum absolute atomic E-state index is 8.87. The summed E-state index contributed by atoms with van der Waals surface area (Å²) in [5, 5.41) is 8.87. The van der Waals surface area contributed by atoms with E-state index < -0.39 is 0 Å². The summed E-state index contributed by atoms with van der Waals surface area (Å²) in [7, 11) is 0. The number of pyridine rings is 1. The first kappa shape index (κ1) is 14.1. The zero-order valence-corrected chi connectivity index (χ0v) is 11.0. The molecule has 1 saturated heterocycles. The molecule has 1 atom stereocenters. The Morgan fingerprint density at radius 3 is 3.06 bits per heavy atom. The normalized spacial score (nSPS) is 17.6. The van der Waals surface area contributed by atoms with Gasteiger partial charge in [0.05, 0.1) is 6.04 Å². The minimum absolute atomic E-state index is 0.194. The van der Waals surface area contributed by atoms with Crippen molar-refractivity contribution in [2.24, 2.45) is 0 Å². The molecule has 2 N–H and O–H groups in total. The predicted molar refractivity (Wildman–Crippen MR) is 70.8 cm³/mol. The van der Waals surface area contributed by atoms with E-state index in [9.17, 15) is 0 Å². The molecule has 1 aromatic rings. The summed E-state index contributed by atoms with van der Waals surface area (Å²) < 4.78 is 5.59. The standard InChI is InChI=1S/C11H14N4O.C2H6/c12-8-15-5-1-2-9(15)7-16-10-3-4-14-11(13)6-10;1-2/h3-4,6,9H,1-2,5,7H2,(H2,13,14);1-2H3. The average molecular weight is 248 g/mol. The zero-order valence-electron chi connectivity index (χ0n) is 11.0. The molecule has 0 amide bonds. The highest BCUT2D eigenvalue weighted by atomic mass is 16.5. The van der Waals surface area contributed by atoms with Gasteiger partial charge < -0.3 is 15.4 Å². The number of aromatic nitrogens is 1. The van der Waals surface area contributed by atoms with Crippen molar-refractivity contribution in [1.82, 2.24) is 9.88 Å². The van der Waals surface area contributed by atoms with Crippen LogP contribution in [0.5, 0.6) is 5.75 Å². The summed E-state index contributed by atoms with van der Waals surface area (Å²) in [5.74, 6) is 1.15. The predicted octanol–water partition coefficient (Wildman–Crippen LogP) is 2.01. The Labute approximate surface area is 108 Å². The van der Waals surface area contributed by atoms with Crippen LogP contribution in [0, 0.1) is 11.5 Å². The molecular formula is C13H20N4O. The fraction of sp³-hybridized carbons (Fsp3) is 0.538. The number of nitrogens with two attached hydrogens (primary N) is 1. The molecule has 1 aromatic heterocycles. The Hall–Kier alpha value is -1.96. The fourth-order valence-electron chi connectivity index (χ4n) is 1.85. The van der Waals surface area contributed by atoms with Crippen molar-refractivity contribution in [1.29, 1.82) is 5.26 Å². The van der Waals surface area contributed by atoms with E-state index in [-0.39, 0.29) is 6.04 Å². The Balaban J connectivity index is 0.000000771. The topological polar surface area (TPSA) is 75.2 Å². The molecule has 1 unspecified atom stereocenters. The minimum atomic E-state index is 0.194. The van der Waals surface area contributed by atoms with E-state index in [0.29, 0.717) is 18.2 Å². The van der Waals surface area contributed by atoms with Crippen LogP contribution in [0.15, 0.2) is 18.3 Å². The SMILES string of the molecule is CC.N#CN1CCCC1COc1ccnc(N)c1. The quantitative estimate of drug-likeness (QED) is 0.828. The second kappa shape index (κ2) is 7.38. The van der Waals surface area contributed by atoms with Crippen molar-refractivity contribution in [3.8, 4) is 11.9 Å². The molecule has 1 aliphatic rings. The van der Waals surface area contributed by atoms with Crippen LogP contribution < -0.4 is 10.5 Å². The molecular weight excluding hydrogens is 228 g/mol. The van der Waals surface area contributed by atoms with Crippen molar-refractivity contribution >= 4 is 5.82 Å². The monoisotopic (exact) mass is 248 g/mol. The van der Waals surface area contributed by atoms with E-state index in [2.05, 4.69) is 11.2 Å². The van der Waals surface area contributed by atoms with Gasteiger partial charge >= 0.3 is 0 Å². The molecule has 2 heterocycles. The van der Waals surface area contributed by atoms with Gasteiger partial charge in [0.25, 0.3) is 0 Å². The third-order valence-corrected chi connectivity index (χ3v) is 2.70. The van der Waals surface area contributed by atoms with Crippen molar-refractivity contribution < 1.29 is 4.74 Å².